The molecule has 0 aromatic rings. The van der Waals surface area contributed by atoms with E-state index in [0.29, 0.717) is 0 Å². The van der Waals surface area contributed by atoms with Crippen LogP contribution in [0.5, 0.6) is 0 Å². The third-order valence-electron chi connectivity index (χ3n) is 3.75. The zero-order valence-electron chi connectivity index (χ0n) is 7.61. The monoisotopic (exact) mass is 152 g/mol. The fourth-order valence-corrected chi connectivity index (χ4v) is 2.72. The summed E-state index contributed by atoms with van der Waals surface area (Å²) >= 11 is 0. The van der Waals surface area contributed by atoms with E-state index in [1.807, 2.05) is 7.11 Å². The summed E-state index contributed by atoms with van der Waals surface area (Å²) in [4.78, 5) is 0. The van der Waals surface area contributed by atoms with Crippen molar-refractivity contribution in [3.8, 4) is 0 Å². The zero-order chi connectivity index (χ0) is 8.06. The summed E-state index contributed by atoms with van der Waals surface area (Å²) in [5.74, 6) is 0.843. The predicted molar refractivity (Wildman–Crippen MR) is 45.5 cm³/mol. The van der Waals surface area contributed by atoms with Gasteiger partial charge in [-0.2, -0.15) is 0 Å². The average Bonchev–Trinajstić information content (AvgIpc) is 2.53. The molecule has 11 heavy (non-hydrogen) atoms. The molecule has 0 heterocycles. The van der Waals surface area contributed by atoms with E-state index < -0.39 is 0 Å². The first-order valence-electron chi connectivity index (χ1n) is 4.42. The van der Waals surface area contributed by atoms with Gasteiger partial charge in [0.2, 0.25) is 0 Å². The number of rotatable bonds is 1. The molecule has 0 spiro atoms. The third-order valence-corrected chi connectivity index (χ3v) is 3.75. The molecule has 0 N–H and O–H groups in total. The lowest BCUT2D eigenvalue weighted by Gasteiger charge is -2.27. The van der Waals surface area contributed by atoms with Gasteiger partial charge in [0.15, 0.2) is 0 Å². The molecule has 2 rings (SSSR count). The van der Waals surface area contributed by atoms with Crippen LogP contribution in [0.1, 0.15) is 33.1 Å². The summed E-state index contributed by atoms with van der Waals surface area (Å²) in [6.07, 6.45) is 3.84. The number of hydrogen-bond donors (Lipinski definition) is 0. The van der Waals surface area contributed by atoms with Crippen molar-refractivity contribution in [2.75, 3.05) is 7.11 Å². The molecule has 62 valence electrons. The van der Waals surface area contributed by atoms with Crippen molar-refractivity contribution in [1.29, 1.82) is 0 Å². The number of fused-ring (bicyclic) bond motifs is 2. The molecule has 1 fully saturated rings. The van der Waals surface area contributed by atoms with Crippen molar-refractivity contribution >= 4 is 0 Å². The molecule has 2 bridgehead atoms. The van der Waals surface area contributed by atoms with Gasteiger partial charge in [-0.3, -0.25) is 0 Å². The molecule has 0 radical (unpaired) electrons. The number of methoxy groups -OCH3 is 1. The fraction of sp³-hybridized carbons (Fsp3) is 0.800. The highest BCUT2D eigenvalue weighted by Gasteiger charge is 2.47. The molecule has 2 unspecified atom stereocenters. The van der Waals surface area contributed by atoms with Gasteiger partial charge in [-0.1, -0.05) is 5.57 Å². The lowest BCUT2D eigenvalue weighted by atomic mass is 9.91. The number of ether oxygens (including phenoxy) is 1. The Hall–Kier alpha value is -0.300. The van der Waals surface area contributed by atoms with Gasteiger partial charge in [0.05, 0.1) is 5.60 Å². The highest BCUT2D eigenvalue weighted by atomic mass is 16.5. The molecule has 0 amide bonds. The SMILES string of the molecule is COC12CCC(C1)C(C)=C2C. The lowest BCUT2D eigenvalue weighted by Crippen LogP contribution is -2.27. The van der Waals surface area contributed by atoms with E-state index in [9.17, 15) is 0 Å². The highest BCUT2D eigenvalue weighted by Crippen LogP contribution is 2.52. The first-order valence-corrected chi connectivity index (χ1v) is 4.42. The quantitative estimate of drug-likeness (QED) is 0.525. The van der Waals surface area contributed by atoms with Crippen molar-refractivity contribution in [3.63, 3.8) is 0 Å². The smallest absolute Gasteiger partial charge is 0.0893 e. The van der Waals surface area contributed by atoms with Crippen molar-refractivity contribution in [1.82, 2.24) is 0 Å². The molecule has 1 nitrogen and oxygen atoms in total. The van der Waals surface area contributed by atoms with E-state index in [1.54, 1.807) is 5.57 Å². The minimum Gasteiger partial charge on any atom is -0.374 e. The standard InChI is InChI=1S/C10H16O/c1-7-8(2)10(11-3)5-4-9(7)6-10/h9H,4-6H2,1-3H3. The van der Waals surface area contributed by atoms with Crippen molar-refractivity contribution in [3.05, 3.63) is 11.1 Å². The number of allylic oxidation sites excluding steroid dienone is 1. The molecule has 0 aliphatic heterocycles. The van der Waals surface area contributed by atoms with Crippen LogP contribution in [0, 0.1) is 5.92 Å². The van der Waals surface area contributed by atoms with Gasteiger partial charge in [-0.15, -0.1) is 0 Å². The molecule has 2 aliphatic carbocycles. The Kier molecular flexibility index (Phi) is 1.40. The molecule has 2 atom stereocenters. The minimum atomic E-state index is 0.161. The third kappa shape index (κ3) is 0.750. The van der Waals surface area contributed by atoms with Gasteiger partial charge >= 0.3 is 0 Å². The van der Waals surface area contributed by atoms with E-state index in [1.165, 1.54) is 24.8 Å². The van der Waals surface area contributed by atoms with Gasteiger partial charge < -0.3 is 4.74 Å². The summed E-state index contributed by atoms with van der Waals surface area (Å²) in [5, 5.41) is 0. The van der Waals surface area contributed by atoms with E-state index in [2.05, 4.69) is 13.8 Å². The lowest BCUT2D eigenvalue weighted by molar-refractivity contribution is 0.0314. The molecule has 0 aromatic carbocycles. The van der Waals surface area contributed by atoms with Crippen molar-refractivity contribution in [2.45, 2.75) is 38.7 Å². The van der Waals surface area contributed by atoms with Gasteiger partial charge in [0.1, 0.15) is 0 Å². The maximum Gasteiger partial charge on any atom is 0.0893 e. The summed E-state index contributed by atoms with van der Waals surface area (Å²) in [6.45, 7) is 4.50. The Morgan fingerprint density at radius 3 is 2.55 bits per heavy atom. The van der Waals surface area contributed by atoms with Crippen LogP contribution < -0.4 is 0 Å². The van der Waals surface area contributed by atoms with Gasteiger partial charge in [0.25, 0.3) is 0 Å². The average molecular weight is 152 g/mol. The van der Waals surface area contributed by atoms with Crippen LogP contribution in [0.4, 0.5) is 0 Å². The van der Waals surface area contributed by atoms with Crippen LogP contribution in [0.3, 0.4) is 0 Å². The molecule has 1 saturated carbocycles. The Labute approximate surface area is 68.4 Å². The summed E-state index contributed by atoms with van der Waals surface area (Å²) in [6, 6.07) is 0. The molecule has 0 saturated heterocycles. The van der Waals surface area contributed by atoms with Crippen LogP contribution in [-0.2, 0) is 4.74 Å². The minimum absolute atomic E-state index is 0.161. The van der Waals surface area contributed by atoms with Gasteiger partial charge in [-0.05, 0) is 44.6 Å². The van der Waals surface area contributed by atoms with E-state index in [4.69, 9.17) is 4.74 Å². The molecule has 1 heteroatoms. The van der Waals surface area contributed by atoms with Crippen LogP contribution in [-0.4, -0.2) is 12.7 Å². The molecule has 0 aromatic heterocycles. The Balaban J connectivity index is 2.39. The Morgan fingerprint density at radius 2 is 2.18 bits per heavy atom. The second-order valence-electron chi connectivity index (χ2n) is 3.95. The second-order valence-corrected chi connectivity index (χ2v) is 3.95. The first-order chi connectivity index (χ1) is 5.19. The van der Waals surface area contributed by atoms with Crippen LogP contribution in [0.25, 0.3) is 0 Å². The van der Waals surface area contributed by atoms with E-state index in [0.717, 1.165) is 5.92 Å². The first kappa shape index (κ1) is 7.35. The highest BCUT2D eigenvalue weighted by molar-refractivity contribution is 5.33. The fourth-order valence-electron chi connectivity index (χ4n) is 2.72. The van der Waals surface area contributed by atoms with Gasteiger partial charge in [0, 0.05) is 7.11 Å². The number of hydrogen-bond acceptors (Lipinski definition) is 1. The van der Waals surface area contributed by atoms with E-state index >= 15 is 0 Å². The Bertz CT molecular complexity index is 217. The zero-order valence-corrected chi connectivity index (χ0v) is 7.61. The summed E-state index contributed by atoms with van der Waals surface area (Å²) in [7, 11) is 1.85. The maximum atomic E-state index is 5.61. The van der Waals surface area contributed by atoms with Crippen LogP contribution in [0.2, 0.25) is 0 Å². The van der Waals surface area contributed by atoms with Crippen molar-refractivity contribution in [2.24, 2.45) is 5.92 Å². The van der Waals surface area contributed by atoms with Crippen LogP contribution in [0.15, 0.2) is 11.1 Å². The maximum absolute atomic E-state index is 5.61. The van der Waals surface area contributed by atoms with Crippen LogP contribution >= 0.6 is 0 Å². The van der Waals surface area contributed by atoms with Gasteiger partial charge in [-0.25, -0.2) is 0 Å². The Morgan fingerprint density at radius 1 is 1.45 bits per heavy atom. The summed E-state index contributed by atoms with van der Waals surface area (Å²) < 4.78 is 5.61. The van der Waals surface area contributed by atoms with Crippen molar-refractivity contribution < 1.29 is 4.74 Å². The molecular weight excluding hydrogens is 136 g/mol. The largest absolute Gasteiger partial charge is 0.374 e. The molecule has 2 aliphatic rings. The predicted octanol–water partition coefficient (Wildman–Crippen LogP) is 2.52. The summed E-state index contributed by atoms with van der Waals surface area (Å²) in [5.41, 5.74) is 3.27. The van der Waals surface area contributed by atoms with E-state index in [-0.39, 0.29) is 5.60 Å². The topological polar surface area (TPSA) is 9.23 Å². The molecular formula is C10H16O. The second kappa shape index (κ2) is 2.10. The normalized spacial score (nSPS) is 42.3.